The van der Waals surface area contributed by atoms with Crippen LogP contribution in [0.25, 0.3) is 0 Å². The average molecular weight is 462 g/mol. The minimum atomic E-state index is -0.734. The molecule has 2 fully saturated rings. The maximum atomic E-state index is 12.4. The Morgan fingerprint density at radius 2 is 1.70 bits per heavy atom. The van der Waals surface area contributed by atoms with E-state index in [1.807, 2.05) is 18.2 Å². The molecule has 2 aliphatic heterocycles. The van der Waals surface area contributed by atoms with E-state index in [0.29, 0.717) is 18.7 Å². The number of likely N-dealkylation sites (tertiary alicyclic amines) is 2. The summed E-state index contributed by atoms with van der Waals surface area (Å²) in [4.78, 5) is 39.1. The Morgan fingerprint density at radius 1 is 1.03 bits per heavy atom. The van der Waals surface area contributed by atoms with Gasteiger partial charge in [0, 0.05) is 55.8 Å². The molecule has 0 spiro atoms. The molecular weight excluding hydrogens is 426 g/mol. The van der Waals surface area contributed by atoms with Crippen molar-refractivity contribution in [3.63, 3.8) is 0 Å². The van der Waals surface area contributed by atoms with Crippen molar-refractivity contribution in [2.75, 3.05) is 45.2 Å². The second-order valence-electron chi connectivity index (χ2n) is 8.76. The molecule has 10 heteroatoms. The lowest BCUT2D eigenvalue weighted by Crippen LogP contribution is -2.39. The number of carbonyl (C=O) groups excluding carboxylic acids is 3. The summed E-state index contributed by atoms with van der Waals surface area (Å²) in [5, 5.41) is 2.94. The number of primary amides is 2. The Bertz CT molecular complexity index is 833. The summed E-state index contributed by atoms with van der Waals surface area (Å²) in [5.74, 6) is 0.416. The smallest absolute Gasteiger partial charge is 0.404 e. The fourth-order valence-corrected chi connectivity index (χ4v) is 4.47. The van der Waals surface area contributed by atoms with Crippen LogP contribution in [0.1, 0.15) is 37.7 Å². The van der Waals surface area contributed by atoms with Gasteiger partial charge in [-0.1, -0.05) is 6.07 Å². The zero-order valence-corrected chi connectivity index (χ0v) is 19.3. The number of anilines is 1. The predicted octanol–water partition coefficient (Wildman–Crippen LogP) is 1.28. The number of methoxy groups -OCH3 is 1. The summed E-state index contributed by atoms with van der Waals surface area (Å²) < 4.78 is 10.6. The van der Waals surface area contributed by atoms with Crippen molar-refractivity contribution in [2.24, 2.45) is 17.4 Å². The maximum Gasteiger partial charge on any atom is 0.404 e. The number of carbonyl (C=O) groups is 3. The Labute approximate surface area is 194 Å². The first kappa shape index (κ1) is 24.8. The fraction of sp³-hybridized carbons (Fsp3) is 0.609. The van der Waals surface area contributed by atoms with Crippen LogP contribution in [0.4, 0.5) is 10.5 Å². The summed E-state index contributed by atoms with van der Waals surface area (Å²) in [6, 6.07) is 5.70. The molecule has 0 aromatic heterocycles. The van der Waals surface area contributed by atoms with E-state index in [1.54, 1.807) is 7.11 Å². The summed E-state index contributed by atoms with van der Waals surface area (Å²) in [7, 11) is 1.62. The van der Waals surface area contributed by atoms with Gasteiger partial charge in [0.15, 0.2) is 0 Å². The summed E-state index contributed by atoms with van der Waals surface area (Å²) in [6.07, 6.45) is 2.52. The zero-order valence-electron chi connectivity index (χ0n) is 19.3. The molecule has 33 heavy (non-hydrogen) atoms. The van der Waals surface area contributed by atoms with Crippen LogP contribution in [0.3, 0.4) is 0 Å². The molecule has 0 unspecified atom stereocenters. The monoisotopic (exact) mass is 461 g/mol. The van der Waals surface area contributed by atoms with Crippen LogP contribution in [0, 0.1) is 5.92 Å². The van der Waals surface area contributed by atoms with Crippen LogP contribution in [0.5, 0.6) is 5.75 Å². The topological polar surface area (TPSA) is 140 Å². The van der Waals surface area contributed by atoms with Crippen LogP contribution in [0.2, 0.25) is 0 Å². The lowest BCUT2D eigenvalue weighted by atomic mass is 9.96. The normalized spacial score (nSPS) is 18.6. The minimum absolute atomic E-state index is 0.0319. The number of nitrogens with one attached hydrogen (secondary N) is 1. The maximum absolute atomic E-state index is 12.4. The molecule has 0 saturated carbocycles. The predicted molar refractivity (Wildman–Crippen MR) is 124 cm³/mol. The molecule has 0 atom stereocenters. The molecule has 2 saturated heterocycles. The Morgan fingerprint density at radius 3 is 2.30 bits per heavy atom. The van der Waals surface area contributed by atoms with E-state index in [9.17, 15) is 14.4 Å². The van der Waals surface area contributed by atoms with E-state index in [0.717, 1.165) is 69.7 Å². The highest BCUT2D eigenvalue weighted by atomic mass is 16.6. The highest BCUT2D eigenvalue weighted by molar-refractivity contribution is 5.91. The van der Waals surface area contributed by atoms with Gasteiger partial charge in [0.05, 0.1) is 7.11 Å². The van der Waals surface area contributed by atoms with E-state index in [-0.39, 0.29) is 23.8 Å². The van der Waals surface area contributed by atoms with Gasteiger partial charge in [0.1, 0.15) is 11.9 Å². The summed E-state index contributed by atoms with van der Waals surface area (Å²) in [5.41, 5.74) is 12.2. The van der Waals surface area contributed by atoms with Gasteiger partial charge >= 0.3 is 6.09 Å². The van der Waals surface area contributed by atoms with Crippen LogP contribution >= 0.6 is 0 Å². The molecule has 3 rings (SSSR count). The molecule has 3 amide bonds. The van der Waals surface area contributed by atoms with E-state index in [2.05, 4.69) is 15.1 Å². The number of hydrogen-bond acceptors (Lipinski definition) is 7. The number of amides is 3. The highest BCUT2D eigenvalue weighted by Gasteiger charge is 2.24. The van der Waals surface area contributed by atoms with Crippen molar-refractivity contribution in [1.29, 1.82) is 0 Å². The molecule has 0 aliphatic carbocycles. The van der Waals surface area contributed by atoms with Gasteiger partial charge in [0.2, 0.25) is 11.8 Å². The molecule has 0 radical (unpaired) electrons. The second-order valence-corrected chi connectivity index (χ2v) is 8.76. The Balaban J connectivity index is 1.44. The molecular formula is C23H35N5O5. The van der Waals surface area contributed by atoms with Crippen LogP contribution in [0.15, 0.2) is 18.2 Å². The van der Waals surface area contributed by atoms with E-state index < -0.39 is 6.09 Å². The molecule has 0 bridgehead atoms. The van der Waals surface area contributed by atoms with Gasteiger partial charge in [-0.05, 0) is 44.8 Å². The van der Waals surface area contributed by atoms with Crippen molar-refractivity contribution in [1.82, 2.24) is 9.80 Å². The van der Waals surface area contributed by atoms with Crippen LogP contribution in [-0.2, 0) is 20.9 Å². The van der Waals surface area contributed by atoms with Gasteiger partial charge in [-0.15, -0.1) is 0 Å². The van der Waals surface area contributed by atoms with Gasteiger partial charge in [-0.2, -0.15) is 0 Å². The summed E-state index contributed by atoms with van der Waals surface area (Å²) >= 11 is 0. The first-order chi connectivity index (χ1) is 15.8. The van der Waals surface area contributed by atoms with Gasteiger partial charge < -0.3 is 31.2 Å². The van der Waals surface area contributed by atoms with Gasteiger partial charge in [-0.25, -0.2) is 4.79 Å². The number of rotatable bonds is 9. The lowest BCUT2D eigenvalue weighted by molar-refractivity contribution is -0.123. The first-order valence-corrected chi connectivity index (χ1v) is 11.5. The molecule has 10 nitrogen and oxygen atoms in total. The molecule has 182 valence electrons. The number of hydrogen-bond donors (Lipinski definition) is 3. The standard InChI is InChI=1S/C23H35N5O5/c1-32-20-14-18(3-2-17(20)15-28-9-4-16(5-10-28)22(24)30)26-21(29)8-13-27-11-6-19(7-12-27)33-23(25)31/h2-3,14,16,19H,4-13,15H2,1H3,(H2,24,30)(H2,25,31)(H,26,29). The van der Waals surface area contributed by atoms with Gasteiger partial charge in [-0.3, -0.25) is 14.5 Å². The third-order valence-electron chi connectivity index (χ3n) is 6.43. The fourth-order valence-electron chi connectivity index (χ4n) is 4.47. The number of ether oxygens (including phenoxy) is 2. The Hall–Kier alpha value is -2.85. The minimum Gasteiger partial charge on any atom is -0.496 e. The lowest BCUT2D eigenvalue weighted by Gasteiger charge is -2.31. The third kappa shape index (κ3) is 7.61. The van der Waals surface area contributed by atoms with E-state index >= 15 is 0 Å². The quantitative estimate of drug-likeness (QED) is 0.503. The molecule has 1 aromatic carbocycles. The first-order valence-electron chi connectivity index (χ1n) is 11.5. The molecule has 2 heterocycles. The molecule has 2 aliphatic rings. The zero-order chi connectivity index (χ0) is 23.8. The van der Waals surface area contributed by atoms with E-state index in [4.69, 9.17) is 20.9 Å². The van der Waals surface area contributed by atoms with Crippen molar-refractivity contribution >= 4 is 23.6 Å². The van der Waals surface area contributed by atoms with Crippen molar-refractivity contribution < 1.29 is 23.9 Å². The van der Waals surface area contributed by atoms with Crippen LogP contribution in [-0.4, -0.2) is 73.6 Å². The third-order valence-corrected chi connectivity index (χ3v) is 6.43. The van der Waals surface area contributed by atoms with Crippen LogP contribution < -0.4 is 21.5 Å². The number of benzene rings is 1. The number of nitrogens with two attached hydrogens (primary N) is 2. The summed E-state index contributed by atoms with van der Waals surface area (Å²) in [6.45, 7) is 4.54. The van der Waals surface area contributed by atoms with E-state index in [1.165, 1.54) is 0 Å². The number of nitrogens with zero attached hydrogens (tertiary/aromatic N) is 2. The Kier molecular flexibility index (Phi) is 8.90. The number of piperidine rings is 2. The van der Waals surface area contributed by atoms with Crippen molar-refractivity contribution in [2.45, 2.75) is 44.8 Å². The average Bonchev–Trinajstić information content (AvgIpc) is 2.79. The van der Waals surface area contributed by atoms with Crippen molar-refractivity contribution in [3.05, 3.63) is 23.8 Å². The largest absolute Gasteiger partial charge is 0.496 e. The highest BCUT2D eigenvalue weighted by Crippen LogP contribution is 2.27. The SMILES string of the molecule is COc1cc(NC(=O)CCN2CCC(OC(N)=O)CC2)ccc1CN1CCC(C(N)=O)CC1. The van der Waals surface area contributed by atoms with Crippen molar-refractivity contribution in [3.8, 4) is 5.75 Å². The van der Waals surface area contributed by atoms with Gasteiger partial charge in [0.25, 0.3) is 0 Å². The molecule has 5 N–H and O–H groups in total. The molecule has 1 aromatic rings. The second kappa shape index (κ2) is 11.9.